The van der Waals surface area contributed by atoms with E-state index in [9.17, 15) is 23.2 Å². The number of methoxy groups -OCH3 is 1. The molecule has 2 heterocycles. The van der Waals surface area contributed by atoms with Crippen LogP contribution in [0, 0.1) is 11.6 Å². The van der Waals surface area contributed by atoms with Gasteiger partial charge in [0.05, 0.1) is 24.6 Å². The second kappa shape index (κ2) is 8.76. The minimum absolute atomic E-state index is 0.0174. The number of nitrogens with zero attached hydrogens (tertiary/aromatic N) is 2. The fourth-order valence-electron chi connectivity index (χ4n) is 4.10. The highest BCUT2D eigenvalue weighted by molar-refractivity contribution is 5.98. The quantitative estimate of drug-likeness (QED) is 0.758. The van der Waals surface area contributed by atoms with Crippen molar-refractivity contribution < 1.29 is 27.8 Å². The number of carbonyl (C=O) groups excluding carboxylic acids is 2. The van der Waals surface area contributed by atoms with Gasteiger partial charge < -0.3 is 24.3 Å². The van der Waals surface area contributed by atoms with E-state index in [0.717, 1.165) is 18.9 Å². The summed E-state index contributed by atoms with van der Waals surface area (Å²) < 4.78 is 40.1. The number of nitrogens with one attached hydrogen (secondary N) is 1. The molecule has 172 valence electrons. The SMILES string of the molecule is CCOC(=O)N1CCC(NC(=O)c2cn(C3CC3)c3c(OC)c(F)c(F)cc3c2=O)CC1. The van der Waals surface area contributed by atoms with Crippen molar-refractivity contribution in [3.8, 4) is 5.75 Å². The van der Waals surface area contributed by atoms with E-state index in [1.165, 1.54) is 13.3 Å². The molecule has 0 atom stereocenters. The van der Waals surface area contributed by atoms with Crippen LogP contribution in [-0.4, -0.2) is 54.3 Å². The summed E-state index contributed by atoms with van der Waals surface area (Å²) in [5, 5.41) is 2.74. The molecule has 2 aliphatic rings. The molecule has 1 N–H and O–H groups in total. The van der Waals surface area contributed by atoms with Crippen molar-refractivity contribution in [3.63, 3.8) is 0 Å². The molecular weight excluding hydrogens is 424 g/mol. The summed E-state index contributed by atoms with van der Waals surface area (Å²) >= 11 is 0. The summed E-state index contributed by atoms with van der Waals surface area (Å²) in [4.78, 5) is 39.4. The zero-order valence-corrected chi connectivity index (χ0v) is 18.0. The summed E-state index contributed by atoms with van der Waals surface area (Å²) in [6, 6.07) is 0.580. The average Bonchev–Trinajstić information content (AvgIpc) is 3.61. The molecule has 0 radical (unpaired) electrons. The van der Waals surface area contributed by atoms with E-state index in [1.807, 2.05) is 0 Å². The first-order valence-electron chi connectivity index (χ1n) is 10.7. The van der Waals surface area contributed by atoms with Crippen LogP contribution < -0.4 is 15.5 Å². The van der Waals surface area contributed by atoms with Gasteiger partial charge in [-0.2, -0.15) is 4.39 Å². The summed E-state index contributed by atoms with van der Waals surface area (Å²) in [7, 11) is 1.21. The molecule has 1 aliphatic heterocycles. The van der Waals surface area contributed by atoms with Crippen LogP contribution in [0.2, 0.25) is 0 Å². The molecule has 1 aliphatic carbocycles. The van der Waals surface area contributed by atoms with Crippen molar-refractivity contribution in [2.24, 2.45) is 0 Å². The van der Waals surface area contributed by atoms with Crippen molar-refractivity contribution in [3.05, 3.63) is 39.7 Å². The Morgan fingerprint density at radius 3 is 2.47 bits per heavy atom. The Labute approximate surface area is 183 Å². The number of halogens is 2. The van der Waals surface area contributed by atoms with Crippen LogP contribution in [0.5, 0.6) is 5.75 Å². The molecule has 0 unspecified atom stereocenters. The number of benzene rings is 1. The van der Waals surface area contributed by atoms with E-state index in [2.05, 4.69) is 5.32 Å². The highest BCUT2D eigenvalue weighted by atomic mass is 19.2. The van der Waals surface area contributed by atoms with E-state index < -0.39 is 23.0 Å². The third-order valence-electron chi connectivity index (χ3n) is 5.91. The summed E-state index contributed by atoms with van der Waals surface area (Å²) in [5.74, 6) is -3.30. The van der Waals surface area contributed by atoms with Crippen LogP contribution in [0.3, 0.4) is 0 Å². The number of carbonyl (C=O) groups is 2. The van der Waals surface area contributed by atoms with Crippen LogP contribution >= 0.6 is 0 Å². The maximum absolute atomic E-state index is 14.3. The van der Waals surface area contributed by atoms with Gasteiger partial charge in [-0.25, -0.2) is 9.18 Å². The lowest BCUT2D eigenvalue weighted by Crippen LogP contribution is -2.47. The third-order valence-corrected chi connectivity index (χ3v) is 5.91. The van der Waals surface area contributed by atoms with Gasteiger partial charge in [-0.3, -0.25) is 9.59 Å². The van der Waals surface area contributed by atoms with E-state index in [4.69, 9.17) is 9.47 Å². The van der Waals surface area contributed by atoms with Crippen LogP contribution in [-0.2, 0) is 4.74 Å². The molecule has 0 bridgehead atoms. The molecule has 1 aromatic carbocycles. The first kappa shape index (κ1) is 22.0. The van der Waals surface area contributed by atoms with Crippen LogP contribution in [0.25, 0.3) is 10.9 Å². The Bertz CT molecular complexity index is 1120. The number of ether oxygens (including phenoxy) is 2. The molecule has 1 saturated carbocycles. The fourth-order valence-corrected chi connectivity index (χ4v) is 4.10. The lowest BCUT2D eigenvalue weighted by Gasteiger charge is -2.31. The fraction of sp³-hybridized carbons (Fsp3) is 0.500. The van der Waals surface area contributed by atoms with E-state index in [0.29, 0.717) is 32.5 Å². The van der Waals surface area contributed by atoms with Gasteiger partial charge >= 0.3 is 6.09 Å². The Morgan fingerprint density at radius 1 is 1.19 bits per heavy atom. The first-order chi connectivity index (χ1) is 15.3. The van der Waals surface area contributed by atoms with Gasteiger partial charge in [0.1, 0.15) is 5.56 Å². The number of rotatable bonds is 5. The van der Waals surface area contributed by atoms with Crippen LogP contribution in [0.4, 0.5) is 13.6 Å². The Balaban J connectivity index is 1.62. The molecule has 4 rings (SSSR count). The van der Waals surface area contributed by atoms with Gasteiger partial charge in [0.25, 0.3) is 5.91 Å². The van der Waals surface area contributed by atoms with Gasteiger partial charge in [0.2, 0.25) is 11.2 Å². The first-order valence-corrected chi connectivity index (χ1v) is 10.7. The Kier molecular flexibility index (Phi) is 6.03. The number of amides is 2. The topological polar surface area (TPSA) is 89.9 Å². The summed E-state index contributed by atoms with van der Waals surface area (Å²) in [5.41, 5.74) is -0.668. The number of piperidine rings is 1. The highest BCUT2D eigenvalue weighted by Gasteiger charge is 2.31. The van der Waals surface area contributed by atoms with Gasteiger partial charge in [0, 0.05) is 31.4 Å². The average molecular weight is 449 g/mol. The second-order valence-electron chi connectivity index (χ2n) is 8.05. The lowest BCUT2D eigenvalue weighted by molar-refractivity contribution is 0.0859. The largest absolute Gasteiger partial charge is 0.491 e. The Morgan fingerprint density at radius 2 is 1.88 bits per heavy atom. The lowest BCUT2D eigenvalue weighted by atomic mass is 10.0. The number of aromatic nitrogens is 1. The van der Waals surface area contributed by atoms with Crippen molar-refractivity contribution >= 4 is 22.9 Å². The highest BCUT2D eigenvalue weighted by Crippen LogP contribution is 2.40. The normalized spacial score (nSPS) is 16.8. The molecule has 10 heteroatoms. The molecule has 8 nitrogen and oxygen atoms in total. The van der Waals surface area contributed by atoms with Crippen molar-refractivity contribution in [1.82, 2.24) is 14.8 Å². The molecule has 32 heavy (non-hydrogen) atoms. The second-order valence-corrected chi connectivity index (χ2v) is 8.05. The van der Waals surface area contributed by atoms with Crippen LogP contribution in [0.15, 0.2) is 17.1 Å². The van der Waals surface area contributed by atoms with Gasteiger partial charge in [0.15, 0.2) is 11.6 Å². The smallest absolute Gasteiger partial charge is 0.409 e. The maximum atomic E-state index is 14.3. The maximum Gasteiger partial charge on any atom is 0.409 e. The molecule has 2 fully saturated rings. The molecule has 0 spiro atoms. The number of fused-ring (bicyclic) bond motifs is 1. The van der Waals surface area contributed by atoms with E-state index in [-0.39, 0.29) is 40.4 Å². The standard InChI is InChI=1S/C22H25F2N3O5/c1-3-32-22(30)26-8-6-12(7-9-26)25-21(29)15-11-27(13-4-5-13)18-14(19(15)28)10-16(23)17(24)20(18)31-2/h10-13H,3-9H2,1-2H3,(H,25,29). The summed E-state index contributed by atoms with van der Waals surface area (Å²) in [6.07, 6.45) is 3.65. The van der Waals surface area contributed by atoms with Crippen molar-refractivity contribution in [2.45, 2.75) is 44.7 Å². The molecule has 1 saturated heterocycles. The molecule has 1 aromatic heterocycles. The number of hydrogen-bond donors (Lipinski definition) is 1. The molecular formula is C22H25F2N3O5. The minimum Gasteiger partial charge on any atom is -0.491 e. The minimum atomic E-state index is -1.21. The summed E-state index contributed by atoms with van der Waals surface area (Å²) in [6.45, 7) is 2.88. The zero-order chi connectivity index (χ0) is 23.0. The predicted molar refractivity (Wildman–Crippen MR) is 112 cm³/mol. The van der Waals surface area contributed by atoms with Crippen LogP contribution in [0.1, 0.15) is 49.0 Å². The predicted octanol–water partition coefficient (Wildman–Crippen LogP) is 2.97. The van der Waals surface area contributed by atoms with E-state index >= 15 is 0 Å². The van der Waals surface area contributed by atoms with Gasteiger partial charge in [-0.05, 0) is 38.7 Å². The zero-order valence-electron chi connectivity index (χ0n) is 18.0. The number of likely N-dealkylation sites (tertiary alicyclic amines) is 1. The van der Waals surface area contributed by atoms with Gasteiger partial charge in [-0.15, -0.1) is 0 Å². The van der Waals surface area contributed by atoms with Crippen molar-refractivity contribution in [1.29, 1.82) is 0 Å². The van der Waals surface area contributed by atoms with Gasteiger partial charge in [-0.1, -0.05) is 0 Å². The third kappa shape index (κ3) is 4.01. The molecule has 2 aromatic rings. The Hall–Kier alpha value is -3.17. The van der Waals surface area contributed by atoms with E-state index in [1.54, 1.807) is 16.4 Å². The number of hydrogen-bond acceptors (Lipinski definition) is 5. The van der Waals surface area contributed by atoms with Crippen molar-refractivity contribution in [2.75, 3.05) is 26.8 Å². The monoisotopic (exact) mass is 449 g/mol. The number of pyridine rings is 1. The molecule has 2 amide bonds.